The second-order valence-electron chi connectivity index (χ2n) is 3.05. The Kier molecular flexibility index (Phi) is 4.92. The molecule has 0 amide bonds. The van der Waals surface area contributed by atoms with Crippen LogP contribution in [0.4, 0.5) is 8.78 Å². The molecule has 4 nitrogen and oxygen atoms in total. The zero-order valence-corrected chi connectivity index (χ0v) is 10.2. The minimum absolute atomic E-state index is 0.0297. The van der Waals surface area contributed by atoms with E-state index in [9.17, 15) is 13.6 Å². The lowest BCUT2D eigenvalue weighted by molar-refractivity contribution is -0.0522. The van der Waals surface area contributed by atoms with E-state index in [1.807, 2.05) is 0 Å². The molecule has 0 spiro atoms. The van der Waals surface area contributed by atoms with Crippen LogP contribution in [0, 0.1) is 11.3 Å². The molecule has 0 radical (unpaired) electrons. The number of hydrogen-bond acceptors (Lipinski definition) is 5. The molecule has 0 N–H and O–H groups in total. The Morgan fingerprint density at radius 3 is 2.72 bits per heavy atom. The first-order valence-corrected chi connectivity index (χ1v) is 5.34. The van der Waals surface area contributed by atoms with Crippen molar-refractivity contribution in [3.8, 4) is 11.8 Å². The smallest absolute Gasteiger partial charge is 0.387 e. The maximum atomic E-state index is 12.3. The summed E-state index contributed by atoms with van der Waals surface area (Å²) in [5, 5.41) is 8.75. The molecular formula is C11H9F2NO3S. The largest absolute Gasteiger partial charge is 0.462 e. The highest BCUT2D eigenvalue weighted by atomic mass is 32.1. The van der Waals surface area contributed by atoms with E-state index < -0.39 is 18.3 Å². The van der Waals surface area contributed by atoms with Gasteiger partial charge in [0.05, 0.1) is 17.1 Å². The molecule has 0 fully saturated rings. The zero-order chi connectivity index (χ0) is 13.7. The number of benzene rings is 1. The Hall–Kier alpha value is -1.81. The predicted molar refractivity (Wildman–Crippen MR) is 61.0 cm³/mol. The molecule has 0 atom stereocenters. The molecule has 0 bridgehead atoms. The predicted octanol–water partition coefficient (Wildman–Crippen LogP) is 2.63. The van der Waals surface area contributed by atoms with E-state index in [1.54, 1.807) is 13.0 Å². The van der Waals surface area contributed by atoms with Crippen LogP contribution in [0.25, 0.3) is 0 Å². The standard InChI is InChI=1S/C11H9F2NO3S/c1-2-16-10(15)7-4-3-6(5-14)9(18)8(7)17-11(12)13/h3-4,11,18H,2H2,1H3. The van der Waals surface area contributed by atoms with Crippen LogP contribution in [0.5, 0.6) is 5.75 Å². The number of alkyl halides is 2. The summed E-state index contributed by atoms with van der Waals surface area (Å²) in [4.78, 5) is 11.4. The molecular weight excluding hydrogens is 264 g/mol. The molecule has 1 aromatic carbocycles. The zero-order valence-electron chi connectivity index (χ0n) is 9.31. The van der Waals surface area contributed by atoms with Gasteiger partial charge in [-0.25, -0.2) is 4.79 Å². The summed E-state index contributed by atoms with van der Waals surface area (Å²) in [5.41, 5.74) is -0.164. The van der Waals surface area contributed by atoms with Gasteiger partial charge in [-0.05, 0) is 19.1 Å². The SMILES string of the molecule is CCOC(=O)c1ccc(C#N)c(S)c1OC(F)F. The molecule has 1 aromatic rings. The molecule has 0 aliphatic rings. The lowest BCUT2D eigenvalue weighted by Crippen LogP contribution is -2.11. The molecule has 7 heteroatoms. The number of halogens is 2. The van der Waals surface area contributed by atoms with Gasteiger partial charge in [0.15, 0.2) is 5.75 Å². The van der Waals surface area contributed by atoms with Gasteiger partial charge in [-0.2, -0.15) is 14.0 Å². The van der Waals surface area contributed by atoms with Crippen LogP contribution in [0.15, 0.2) is 17.0 Å². The third-order valence-electron chi connectivity index (χ3n) is 1.95. The number of nitriles is 1. The average Bonchev–Trinajstić information content (AvgIpc) is 2.31. The highest BCUT2D eigenvalue weighted by Crippen LogP contribution is 2.32. The highest BCUT2D eigenvalue weighted by molar-refractivity contribution is 7.80. The van der Waals surface area contributed by atoms with Crippen LogP contribution in [0.2, 0.25) is 0 Å². The molecule has 0 aliphatic carbocycles. The number of thiol groups is 1. The summed E-state index contributed by atoms with van der Waals surface area (Å²) in [6.45, 7) is -1.45. The monoisotopic (exact) mass is 273 g/mol. The summed E-state index contributed by atoms with van der Waals surface area (Å²) in [6.07, 6.45) is 0. The molecule has 0 saturated heterocycles. The third-order valence-corrected chi connectivity index (χ3v) is 2.40. The minimum Gasteiger partial charge on any atom is -0.462 e. The van der Waals surface area contributed by atoms with Crippen molar-refractivity contribution in [2.24, 2.45) is 0 Å². The van der Waals surface area contributed by atoms with Crippen molar-refractivity contribution in [1.82, 2.24) is 0 Å². The van der Waals surface area contributed by atoms with E-state index in [2.05, 4.69) is 17.4 Å². The number of hydrogen-bond donors (Lipinski definition) is 1. The first-order valence-electron chi connectivity index (χ1n) is 4.89. The number of ether oxygens (including phenoxy) is 2. The topological polar surface area (TPSA) is 59.3 Å². The number of rotatable bonds is 4. The normalized spacial score (nSPS) is 10.0. The van der Waals surface area contributed by atoms with Crippen LogP contribution in [0.3, 0.4) is 0 Å². The maximum absolute atomic E-state index is 12.3. The van der Waals surface area contributed by atoms with Gasteiger partial charge < -0.3 is 9.47 Å². The second kappa shape index (κ2) is 6.21. The van der Waals surface area contributed by atoms with Crippen LogP contribution >= 0.6 is 12.6 Å². The Labute approximate surface area is 108 Å². The summed E-state index contributed by atoms with van der Waals surface area (Å²) >= 11 is 3.91. The van der Waals surface area contributed by atoms with Crippen molar-refractivity contribution >= 4 is 18.6 Å². The second-order valence-corrected chi connectivity index (χ2v) is 3.50. The van der Waals surface area contributed by atoms with Crippen molar-refractivity contribution in [3.05, 3.63) is 23.3 Å². The van der Waals surface area contributed by atoms with Crippen molar-refractivity contribution in [3.63, 3.8) is 0 Å². The number of carbonyl (C=O) groups is 1. The Bertz CT molecular complexity index is 500. The van der Waals surface area contributed by atoms with E-state index in [-0.39, 0.29) is 22.6 Å². The average molecular weight is 273 g/mol. The quantitative estimate of drug-likeness (QED) is 0.676. The number of esters is 1. The fraction of sp³-hybridized carbons (Fsp3) is 0.273. The minimum atomic E-state index is -3.13. The first kappa shape index (κ1) is 14.3. The van der Waals surface area contributed by atoms with E-state index in [1.165, 1.54) is 12.1 Å². The first-order chi connectivity index (χ1) is 8.51. The molecule has 0 saturated carbocycles. The Morgan fingerprint density at radius 1 is 1.56 bits per heavy atom. The van der Waals surface area contributed by atoms with Crippen LogP contribution in [-0.2, 0) is 4.74 Å². The molecule has 0 aliphatic heterocycles. The third kappa shape index (κ3) is 3.11. The van der Waals surface area contributed by atoms with Crippen molar-refractivity contribution in [2.75, 3.05) is 6.61 Å². The molecule has 0 heterocycles. The summed E-state index contributed by atoms with van der Waals surface area (Å²) in [6, 6.07) is 4.23. The maximum Gasteiger partial charge on any atom is 0.387 e. The van der Waals surface area contributed by atoms with Gasteiger partial charge in [0.2, 0.25) is 0 Å². The van der Waals surface area contributed by atoms with Gasteiger partial charge in [-0.15, -0.1) is 12.6 Å². The van der Waals surface area contributed by atoms with E-state index in [0.717, 1.165) is 0 Å². The lowest BCUT2D eigenvalue weighted by atomic mass is 10.1. The molecule has 0 unspecified atom stereocenters. The van der Waals surface area contributed by atoms with Crippen molar-refractivity contribution in [1.29, 1.82) is 5.26 Å². The van der Waals surface area contributed by atoms with Crippen LogP contribution < -0.4 is 4.74 Å². The Morgan fingerprint density at radius 2 is 2.22 bits per heavy atom. The van der Waals surface area contributed by atoms with Crippen LogP contribution in [-0.4, -0.2) is 19.2 Å². The summed E-state index contributed by atoms with van der Waals surface area (Å²) in [5.74, 6) is -1.27. The molecule has 96 valence electrons. The van der Waals surface area contributed by atoms with Gasteiger partial charge in [0.25, 0.3) is 0 Å². The van der Waals surface area contributed by atoms with Gasteiger partial charge in [-0.1, -0.05) is 0 Å². The number of nitrogens with zero attached hydrogens (tertiary/aromatic N) is 1. The van der Waals surface area contributed by atoms with E-state index >= 15 is 0 Å². The van der Waals surface area contributed by atoms with Crippen molar-refractivity contribution in [2.45, 2.75) is 18.4 Å². The van der Waals surface area contributed by atoms with Gasteiger partial charge in [0, 0.05) is 0 Å². The van der Waals surface area contributed by atoms with E-state index in [4.69, 9.17) is 10.00 Å². The van der Waals surface area contributed by atoms with Crippen LogP contribution in [0.1, 0.15) is 22.8 Å². The number of carbonyl (C=O) groups excluding carboxylic acids is 1. The summed E-state index contributed by atoms with van der Waals surface area (Å²) in [7, 11) is 0. The Balaban J connectivity index is 3.29. The van der Waals surface area contributed by atoms with Gasteiger partial charge in [-0.3, -0.25) is 0 Å². The van der Waals surface area contributed by atoms with Gasteiger partial charge in [0.1, 0.15) is 11.6 Å². The van der Waals surface area contributed by atoms with Gasteiger partial charge >= 0.3 is 12.6 Å². The van der Waals surface area contributed by atoms with E-state index in [0.29, 0.717) is 0 Å². The van der Waals surface area contributed by atoms with Crippen molar-refractivity contribution < 1.29 is 23.0 Å². The molecule has 0 aromatic heterocycles. The summed E-state index contributed by atoms with van der Waals surface area (Å²) < 4.78 is 33.5. The molecule has 18 heavy (non-hydrogen) atoms. The fourth-order valence-electron chi connectivity index (χ4n) is 1.24. The fourth-order valence-corrected chi connectivity index (χ4v) is 1.54. The molecule has 1 rings (SSSR count). The highest BCUT2D eigenvalue weighted by Gasteiger charge is 2.21. The lowest BCUT2D eigenvalue weighted by Gasteiger charge is -2.12.